The van der Waals surface area contributed by atoms with Gasteiger partial charge in [0.25, 0.3) is 0 Å². The Morgan fingerprint density at radius 2 is 1.83 bits per heavy atom. The number of hydrogen-bond donors (Lipinski definition) is 1. The molecule has 1 fully saturated rings. The van der Waals surface area contributed by atoms with Gasteiger partial charge in [-0.1, -0.05) is 6.42 Å². The van der Waals surface area contributed by atoms with Crippen molar-refractivity contribution in [3.63, 3.8) is 0 Å². The third-order valence-electron chi connectivity index (χ3n) is 5.30. The van der Waals surface area contributed by atoms with Crippen molar-refractivity contribution >= 4 is 32.6 Å². The van der Waals surface area contributed by atoms with Crippen molar-refractivity contribution in [3.8, 4) is 5.75 Å². The van der Waals surface area contributed by atoms with Crippen LogP contribution in [-0.2, 0) is 21.2 Å². The molecule has 1 aliphatic heterocycles. The molecule has 8 heteroatoms. The first-order valence-corrected chi connectivity index (χ1v) is 11.4. The number of benzene rings is 2. The number of nitrogens with one attached hydrogen (secondary N) is 1. The van der Waals surface area contributed by atoms with Gasteiger partial charge in [0.15, 0.2) is 0 Å². The standard InChI is InChI=1S/C22H24N2O5S/c1-28-18-7-10-20-16(15-29-21(20)14-18)13-22(25)23-17-5-8-19(9-6-17)30(26,27)24-11-3-2-4-12-24/h5-10,14-15H,2-4,11-13H2,1H3,(H,23,25). The summed E-state index contributed by atoms with van der Waals surface area (Å²) in [6.45, 7) is 1.12. The third-order valence-corrected chi connectivity index (χ3v) is 7.22. The average molecular weight is 429 g/mol. The molecular formula is C22H24N2O5S. The van der Waals surface area contributed by atoms with Crippen molar-refractivity contribution in [1.82, 2.24) is 4.31 Å². The van der Waals surface area contributed by atoms with Crippen LogP contribution in [-0.4, -0.2) is 38.8 Å². The van der Waals surface area contributed by atoms with Crippen molar-refractivity contribution in [2.24, 2.45) is 0 Å². The lowest BCUT2D eigenvalue weighted by atomic mass is 10.1. The zero-order valence-corrected chi connectivity index (χ0v) is 17.6. The highest BCUT2D eigenvalue weighted by Gasteiger charge is 2.25. The van der Waals surface area contributed by atoms with Crippen LogP contribution < -0.4 is 10.1 Å². The number of hydrogen-bond acceptors (Lipinski definition) is 5. The smallest absolute Gasteiger partial charge is 0.243 e. The van der Waals surface area contributed by atoms with E-state index < -0.39 is 10.0 Å². The van der Waals surface area contributed by atoms with Crippen LogP contribution in [0.25, 0.3) is 11.0 Å². The summed E-state index contributed by atoms with van der Waals surface area (Å²) in [7, 11) is -1.90. The molecule has 1 aromatic heterocycles. The number of fused-ring (bicyclic) bond motifs is 1. The Bertz CT molecular complexity index is 1150. The first-order chi connectivity index (χ1) is 14.5. The van der Waals surface area contributed by atoms with E-state index in [1.54, 1.807) is 43.7 Å². The Labute approximate surface area is 175 Å². The van der Waals surface area contributed by atoms with Gasteiger partial charge in [0, 0.05) is 35.8 Å². The lowest BCUT2D eigenvalue weighted by Crippen LogP contribution is -2.35. The van der Waals surface area contributed by atoms with Crippen LogP contribution in [0, 0.1) is 0 Å². The summed E-state index contributed by atoms with van der Waals surface area (Å²) in [4.78, 5) is 12.7. The summed E-state index contributed by atoms with van der Waals surface area (Å²) < 4.78 is 37.7. The van der Waals surface area contributed by atoms with Crippen molar-refractivity contribution in [2.75, 3.05) is 25.5 Å². The van der Waals surface area contributed by atoms with Gasteiger partial charge in [0.05, 0.1) is 24.7 Å². The van der Waals surface area contributed by atoms with E-state index in [9.17, 15) is 13.2 Å². The molecule has 4 rings (SSSR count). The van der Waals surface area contributed by atoms with Gasteiger partial charge in [0.1, 0.15) is 11.3 Å². The fourth-order valence-corrected chi connectivity index (χ4v) is 5.19. The fraction of sp³-hybridized carbons (Fsp3) is 0.318. The predicted molar refractivity (Wildman–Crippen MR) is 114 cm³/mol. The summed E-state index contributed by atoms with van der Waals surface area (Å²) in [5.41, 5.74) is 1.98. The first kappa shape index (κ1) is 20.4. The number of ether oxygens (including phenoxy) is 1. The number of carbonyl (C=O) groups is 1. The molecule has 0 aliphatic carbocycles. The predicted octanol–water partition coefficient (Wildman–Crippen LogP) is 3.80. The van der Waals surface area contributed by atoms with Gasteiger partial charge in [-0.15, -0.1) is 0 Å². The minimum absolute atomic E-state index is 0.146. The molecule has 2 heterocycles. The zero-order chi connectivity index (χ0) is 21.1. The zero-order valence-electron chi connectivity index (χ0n) is 16.8. The first-order valence-electron chi connectivity index (χ1n) is 9.91. The molecule has 1 N–H and O–H groups in total. The van der Waals surface area contributed by atoms with Crippen LogP contribution in [0.4, 0.5) is 5.69 Å². The quantitative estimate of drug-likeness (QED) is 0.645. The lowest BCUT2D eigenvalue weighted by Gasteiger charge is -2.25. The molecule has 0 radical (unpaired) electrons. The van der Waals surface area contributed by atoms with Crippen LogP contribution in [0.15, 0.2) is 58.0 Å². The average Bonchev–Trinajstić information content (AvgIpc) is 3.16. The van der Waals surface area contributed by atoms with Gasteiger partial charge in [-0.2, -0.15) is 4.31 Å². The number of rotatable bonds is 6. The second-order valence-corrected chi connectivity index (χ2v) is 9.28. The van der Waals surface area contributed by atoms with E-state index in [1.165, 1.54) is 4.31 Å². The molecule has 0 bridgehead atoms. The molecular weight excluding hydrogens is 404 g/mol. The molecule has 0 saturated carbocycles. The molecule has 0 unspecified atom stereocenters. The lowest BCUT2D eigenvalue weighted by molar-refractivity contribution is -0.115. The minimum atomic E-state index is -3.48. The summed E-state index contributed by atoms with van der Waals surface area (Å²) in [5, 5.41) is 3.67. The Hall–Kier alpha value is -2.84. The van der Waals surface area contributed by atoms with E-state index in [-0.39, 0.29) is 17.2 Å². The van der Waals surface area contributed by atoms with E-state index in [0.717, 1.165) is 30.2 Å². The Morgan fingerprint density at radius 1 is 1.10 bits per heavy atom. The molecule has 2 aromatic carbocycles. The van der Waals surface area contributed by atoms with E-state index >= 15 is 0 Å². The highest BCUT2D eigenvalue weighted by Crippen LogP contribution is 2.26. The molecule has 0 atom stereocenters. The summed E-state index contributed by atoms with van der Waals surface area (Å²) in [6, 6.07) is 11.8. The number of sulfonamides is 1. The fourth-order valence-electron chi connectivity index (χ4n) is 3.67. The van der Waals surface area contributed by atoms with Gasteiger partial charge in [0.2, 0.25) is 15.9 Å². The number of nitrogens with zero attached hydrogens (tertiary/aromatic N) is 1. The van der Waals surface area contributed by atoms with Gasteiger partial charge in [-0.3, -0.25) is 4.79 Å². The Morgan fingerprint density at radius 3 is 2.53 bits per heavy atom. The van der Waals surface area contributed by atoms with E-state index in [1.807, 2.05) is 12.1 Å². The number of carbonyl (C=O) groups excluding carboxylic acids is 1. The maximum atomic E-state index is 12.7. The van der Waals surface area contributed by atoms with E-state index in [2.05, 4.69) is 5.32 Å². The normalized spacial score (nSPS) is 15.2. The molecule has 158 valence electrons. The molecule has 30 heavy (non-hydrogen) atoms. The summed E-state index contributed by atoms with van der Waals surface area (Å²) >= 11 is 0. The second kappa shape index (κ2) is 8.49. The molecule has 1 aliphatic rings. The largest absolute Gasteiger partial charge is 0.497 e. The summed E-state index contributed by atoms with van der Waals surface area (Å²) in [5.74, 6) is 0.479. The van der Waals surface area contributed by atoms with Gasteiger partial charge in [-0.25, -0.2) is 8.42 Å². The van der Waals surface area contributed by atoms with Crippen LogP contribution in [0.3, 0.4) is 0 Å². The SMILES string of the molecule is COc1ccc2c(CC(=O)Nc3ccc(S(=O)(=O)N4CCCCC4)cc3)coc2c1. The topological polar surface area (TPSA) is 88.8 Å². The maximum Gasteiger partial charge on any atom is 0.243 e. The second-order valence-electron chi connectivity index (χ2n) is 7.34. The highest BCUT2D eigenvalue weighted by atomic mass is 32.2. The van der Waals surface area contributed by atoms with Gasteiger partial charge >= 0.3 is 0 Å². The minimum Gasteiger partial charge on any atom is -0.497 e. The molecule has 0 spiro atoms. The van der Waals surface area contributed by atoms with Crippen LogP contribution >= 0.6 is 0 Å². The Balaban J connectivity index is 1.43. The molecule has 1 amide bonds. The molecule has 1 saturated heterocycles. The maximum absolute atomic E-state index is 12.7. The number of anilines is 1. The monoisotopic (exact) mass is 428 g/mol. The van der Waals surface area contributed by atoms with Crippen molar-refractivity contribution in [3.05, 3.63) is 54.3 Å². The highest BCUT2D eigenvalue weighted by molar-refractivity contribution is 7.89. The van der Waals surface area contributed by atoms with Crippen LogP contribution in [0.2, 0.25) is 0 Å². The summed E-state index contributed by atoms with van der Waals surface area (Å²) in [6.07, 6.45) is 4.56. The van der Waals surface area contributed by atoms with Crippen molar-refractivity contribution in [1.29, 1.82) is 0 Å². The van der Waals surface area contributed by atoms with Crippen molar-refractivity contribution < 1.29 is 22.4 Å². The van der Waals surface area contributed by atoms with Gasteiger partial charge in [-0.05, 0) is 49.2 Å². The Kier molecular flexibility index (Phi) is 5.78. The van der Waals surface area contributed by atoms with E-state index in [0.29, 0.717) is 30.1 Å². The number of amides is 1. The van der Waals surface area contributed by atoms with Crippen LogP contribution in [0.5, 0.6) is 5.75 Å². The van der Waals surface area contributed by atoms with Crippen LogP contribution in [0.1, 0.15) is 24.8 Å². The molecule has 7 nitrogen and oxygen atoms in total. The molecule has 3 aromatic rings. The number of piperidine rings is 1. The number of methoxy groups -OCH3 is 1. The van der Waals surface area contributed by atoms with E-state index in [4.69, 9.17) is 9.15 Å². The number of furan rings is 1. The van der Waals surface area contributed by atoms with Gasteiger partial charge < -0.3 is 14.5 Å². The van der Waals surface area contributed by atoms with Crippen molar-refractivity contribution in [2.45, 2.75) is 30.6 Å². The third kappa shape index (κ3) is 4.20.